The molecular weight excluding hydrogens is 416 g/mol. The highest BCUT2D eigenvalue weighted by Gasteiger charge is 2.27. The van der Waals surface area contributed by atoms with Crippen molar-refractivity contribution in [3.8, 4) is 22.6 Å². The fraction of sp³-hybridized carbons (Fsp3) is 0.381. The number of rotatable bonds is 6. The first-order valence-electron chi connectivity index (χ1n) is 10.1. The lowest BCUT2D eigenvalue weighted by Crippen LogP contribution is -2.49. The molecule has 0 atom stereocenters. The molecule has 0 spiro atoms. The van der Waals surface area contributed by atoms with Crippen LogP contribution in [0.25, 0.3) is 22.6 Å². The third kappa shape index (κ3) is 4.76. The van der Waals surface area contributed by atoms with Gasteiger partial charge in [-0.05, 0) is 6.92 Å². The minimum atomic E-state index is -3.43. The second-order valence-corrected chi connectivity index (χ2v) is 9.72. The van der Waals surface area contributed by atoms with Gasteiger partial charge in [-0.25, -0.2) is 18.4 Å². The Hall–Kier alpha value is -2.82. The van der Waals surface area contributed by atoms with E-state index >= 15 is 0 Å². The highest BCUT2D eigenvalue weighted by Crippen LogP contribution is 2.27. The van der Waals surface area contributed by atoms with Gasteiger partial charge in [-0.2, -0.15) is 9.40 Å². The van der Waals surface area contributed by atoms with E-state index in [1.807, 2.05) is 50.5 Å². The molecule has 2 aromatic heterocycles. The van der Waals surface area contributed by atoms with Crippen molar-refractivity contribution in [3.05, 3.63) is 48.3 Å². The van der Waals surface area contributed by atoms with Crippen molar-refractivity contribution < 1.29 is 13.5 Å². The van der Waals surface area contributed by atoms with Gasteiger partial charge >= 0.3 is 0 Å². The van der Waals surface area contributed by atoms with Crippen molar-refractivity contribution in [2.75, 3.05) is 43.4 Å². The third-order valence-electron chi connectivity index (χ3n) is 5.33. The Kier molecular flexibility index (Phi) is 6.03. The molecule has 3 heterocycles. The van der Waals surface area contributed by atoms with Crippen LogP contribution >= 0.6 is 0 Å². The van der Waals surface area contributed by atoms with Gasteiger partial charge in [0.25, 0.3) is 0 Å². The number of piperazine rings is 1. The first-order chi connectivity index (χ1) is 14.9. The van der Waals surface area contributed by atoms with Gasteiger partial charge in [0.05, 0.1) is 29.8 Å². The maximum absolute atomic E-state index is 12.2. The third-order valence-corrected chi connectivity index (χ3v) is 7.18. The molecule has 0 aliphatic carbocycles. The van der Waals surface area contributed by atoms with Gasteiger partial charge in [0, 0.05) is 51.1 Å². The number of sulfonamides is 1. The lowest BCUT2D eigenvalue weighted by Gasteiger charge is -2.34. The van der Waals surface area contributed by atoms with Crippen molar-refractivity contribution in [3.63, 3.8) is 0 Å². The average molecular weight is 443 g/mol. The Morgan fingerprint density at radius 2 is 1.74 bits per heavy atom. The topological polar surface area (TPSA) is 104 Å². The lowest BCUT2D eigenvalue weighted by atomic mass is 10.1. The Balaban J connectivity index is 1.66. The first-order valence-corrected chi connectivity index (χ1v) is 11.8. The van der Waals surface area contributed by atoms with Crippen molar-refractivity contribution in [1.29, 1.82) is 0 Å². The van der Waals surface area contributed by atoms with Crippen molar-refractivity contribution in [2.24, 2.45) is 7.05 Å². The van der Waals surface area contributed by atoms with E-state index in [1.54, 1.807) is 10.9 Å². The molecule has 0 amide bonds. The number of benzene rings is 1. The van der Waals surface area contributed by atoms with E-state index in [-0.39, 0.29) is 12.4 Å². The Morgan fingerprint density at radius 1 is 1.03 bits per heavy atom. The Labute approximate surface area is 182 Å². The molecule has 3 aromatic rings. The van der Waals surface area contributed by atoms with Gasteiger partial charge in [-0.3, -0.25) is 4.68 Å². The zero-order chi connectivity index (χ0) is 22.0. The number of hydrogen-bond donors (Lipinski definition) is 1. The summed E-state index contributed by atoms with van der Waals surface area (Å²) >= 11 is 0. The molecule has 1 saturated heterocycles. The first kappa shape index (κ1) is 21.4. The molecule has 4 rings (SSSR count). The van der Waals surface area contributed by atoms with E-state index in [9.17, 15) is 8.42 Å². The molecule has 164 valence electrons. The van der Waals surface area contributed by atoms with E-state index in [0.717, 1.165) is 22.6 Å². The normalized spacial score (nSPS) is 15.4. The smallest absolute Gasteiger partial charge is 0.216 e. The largest absolute Gasteiger partial charge is 0.395 e. The van der Waals surface area contributed by atoms with Gasteiger partial charge in [-0.15, -0.1) is 0 Å². The van der Waals surface area contributed by atoms with Crippen LogP contribution in [0.4, 0.5) is 5.82 Å². The quantitative estimate of drug-likeness (QED) is 0.613. The summed E-state index contributed by atoms with van der Waals surface area (Å²) in [6.07, 6.45) is 3.61. The van der Waals surface area contributed by atoms with Crippen LogP contribution in [-0.4, -0.2) is 76.1 Å². The van der Waals surface area contributed by atoms with E-state index in [4.69, 9.17) is 15.1 Å². The number of aryl methyl sites for hydroxylation is 2. The predicted octanol–water partition coefficient (Wildman–Crippen LogP) is 1.30. The SMILES string of the molecule is Cc1ccc(-c2cc(N3CCN(S(=O)(=O)CCO)CC3)nc(-c3cnn(C)c3)n2)cc1. The maximum atomic E-state index is 12.2. The summed E-state index contributed by atoms with van der Waals surface area (Å²) in [6, 6.07) is 10.1. The highest BCUT2D eigenvalue weighted by molar-refractivity contribution is 7.89. The molecule has 0 radical (unpaired) electrons. The minimum absolute atomic E-state index is 0.247. The fourth-order valence-electron chi connectivity index (χ4n) is 3.57. The monoisotopic (exact) mass is 442 g/mol. The van der Waals surface area contributed by atoms with Gasteiger partial charge < -0.3 is 10.0 Å². The molecule has 1 aromatic carbocycles. The van der Waals surface area contributed by atoms with Crippen molar-refractivity contribution >= 4 is 15.8 Å². The number of aliphatic hydroxyl groups is 1. The van der Waals surface area contributed by atoms with E-state index < -0.39 is 10.0 Å². The summed E-state index contributed by atoms with van der Waals surface area (Å²) in [7, 11) is -1.58. The maximum Gasteiger partial charge on any atom is 0.216 e. The number of aromatic nitrogens is 4. The summed E-state index contributed by atoms with van der Waals surface area (Å²) in [5, 5.41) is 13.3. The van der Waals surface area contributed by atoms with Crippen LogP contribution in [0.3, 0.4) is 0 Å². The molecule has 1 aliphatic heterocycles. The standard InChI is InChI=1S/C21H26N6O3S/c1-16-3-5-17(6-4-16)19-13-20(24-21(23-19)18-14-22-25(2)15-18)26-7-9-27(10-8-26)31(29,30)12-11-28/h3-6,13-15,28H,7-12H2,1-2H3. The predicted molar refractivity (Wildman–Crippen MR) is 119 cm³/mol. The molecule has 10 heteroatoms. The molecule has 0 saturated carbocycles. The Bertz CT molecular complexity index is 1150. The number of hydrogen-bond acceptors (Lipinski definition) is 7. The molecule has 0 bridgehead atoms. The molecule has 1 aliphatic rings. The minimum Gasteiger partial charge on any atom is -0.395 e. The van der Waals surface area contributed by atoms with Crippen LogP contribution in [0.5, 0.6) is 0 Å². The van der Waals surface area contributed by atoms with E-state index in [1.165, 1.54) is 9.87 Å². The summed E-state index contributed by atoms with van der Waals surface area (Å²) in [5.41, 5.74) is 3.79. The summed E-state index contributed by atoms with van der Waals surface area (Å²) in [6.45, 7) is 3.41. The molecule has 31 heavy (non-hydrogen) atoms. The van der Waals surface area contributed by atoms with Crippen molar-refractivity contribution in [1.82, 2.24) is 24.1 Å². The number of nitrogens with zero attached hydrogens (tertiary/aromatic N) is 6. The number of aliphatic hydroxyl groups excluding tert-OH is 1. The van der Waals surface area contributed by atoms with Crippen LogP contribution < -0.4 is 4.90 Å². The fourth-order valence-corrected chi connectivity index (χ4v) is 4.78. The van der Waals surface area contributed by atoms with Gasteiger partial charge in [0.1, 0.15) is 5.82 Å². The molecule has 0 unspecified atom stereocenters. The zero-order valence-electron chi connectivity index (χ0n) is 17.6. The lowest BCUT2D eigenvalue weighted by molar-refractivity contribution is 0.312. The summed E-state index contributed by atoms with van der Waals surface area (Å²) in [4.78, 5) is 11.6. The van der Waals surface area contributed by atoms with Gasteiger partial charge in [0.15, 0.2) is 5.82 Å². The van der Waals surface area contributed by atoms with Crippen LogP contribution in [0.1, 0.15) is 5.56 Å². The highest BCUT2D eigenvalue weighted by atomic mass is 32.2. The second-order valence-electron chi connectivity index (χ2n) is 7.63. The Morgan fingerprint density at radius 3 is 2.35 bits per heavy atom. The molecule has 1 fully saturated rings. The van der Waals surface area contributed by atoms with Crippen molar-refractivity contribution in [2.45, 2.75) is 6.92 Å². The van der Waals surface area contributed by atoms with Gasteiger partial charge in [0.2, 0.25) is 10.0 Å². The van der Waals surface area contributed by atoms with Gasteiger partial charge in [-0.1, -0.05) is 29.8 Å². The van der Waals surface area contributed by atoms with E-state index in [0.29, 0.717) is 32.0 Å². The van der Waals surface area contributed by atoms with Crippen LogP contribution in [0.15, 0.2) is 42.7 Å². The average Bonchev–Trinajstić information content (AvgIpc) is 3.20. The summed E-state index contributed by atoms with van der Waals surface area (Å²) < 4.78 is 27.6. The van der Waals surface area contributed by atoms with Crippen LogP contribution in [0.2, 0.25) is 0 Å². The molecule has 9 nitrogen and oxygen atoms in total. The second kappa shape index (κ2) is 8.74. The number of anilines is 1. The molecule has 1 N–H and O–H groups in total. The van der Waals surface area contributed by atoms with Crippen LogP contribution in [0, 0.1) is 6.92 Å². The van der Waals surface area contributed by atoms with Crippen LogP contribution in [-0.2, 0) is 17.1 Å². The summed E-state index contributed by atoms with van der Waals surface area (Å²) in [5.74, 6) is 1.09. The van der Waals surface area contributed by atoms with E-state index in [2.05, 4.69) is 10.00 Å². The zero-order valence-corrected chi connectivity index (χ0v) is 18.5. The molecular formula is C21H26N6O3S.